The lowest BCUT2D eigenvalue weighted by atomic mass is 10.1. The van der Waals surface area contributed by atoms with Gasteiger partial charge in [-0.2, -0.15) is 0 Å². The van der Waals surface area contributed by atoms with E-state index in [0.29, 0.717) is 0 Å². The molecule has 0 atom stereocenters. The third kappa shape index (κ3) is 9.63. The second kappa shape index (κ2) is 13.4. The number of carbonyl (C=O) groups excluding carboxylic acids is 1. The van der Waals surface area contributed by atoms with Crippen LogP contribution in [-0.2, 0) is 17.6 Å². The predicted octanol–water partition coefficient (Wildman–Crippen LogP) is 6.57. The first kappa shape index (κ1) is 20.0. The smallest absolute Gasteiger partial charge is 0.119 e. The number of aryl methyl sites for hydroxylation is 3. The minimum absolute atomic E-state index is 0.739. The van der Waals surface area contributed by atoms with Gasteiger partial charge in [-0.15, -0.1) is 0 Å². The van der Waals surface area contributed by atoms with E-state index in [9.17, 15) is 4.79 Å². The quantitative estimate of drug-likeness (QED) is 0.270. The highest BCUT2D eigenvalue weighted by molar-refractivity contribution is 5.48. The highest BCUT2D eigenvalue weighted by Gasteiger charge is 2.07. The van der Waals surface area contributed by atoms with Gasteiger partial charge in [0.2, 0.25) is 0 Å². The maximum absolute atomic E-state index is 10.2. The fourth-order valence-electron chi connectivity index (χ4n) is 3.08. The number of rotatable bonds is 15. The van der Waals surface area contributed by atoms with Gasteiger partial charge in [0.15, 0.2) is 0 Å². The first-order chi connectivity index (χ1) is 11.3. The molecule has 23 heavy (non-hydrogen) atoms. The van der Waals surface area contributed by atoms with Gasteiger partial charge in [0.05, 0.1) is 0 Å². The first-order valence-electron chi connectivity index (χ1n) is 9.79. The van der Waals surface area contributed by atoms with Crippen molar-refractivity contribution in [3.63, 3.8) is 0 Å². The van der Waals surface area contributed by atoms with Crippen LogP contribution in [0.25, 0.3) is 0 Å². The van der Waals surface area contributed by atoms with Crippen LogP contribution in [0, 0.1) is 6.92 Å². The maximum Gasteiger partial charge on any atom is 0.119 e. The average molecular weight is 321 g/mol. The SMILES string of the molecule is CCCCCc1cc(C)c(CCCCCCCCCCC=O)o1. The summed E-state index contributed by atoms with van der Waals surface area (Å²) >= 11 is 0. The van der Waals surface area contributed by atoms with Crippen LogP contribution in [0.3, 0.4) is 0 Å². The molecule has 0 aliphatic heterocycles. The van der Waals surface area contributed by atoms with E-state index in [1.54, 1.807) is 0 Å². The van der Waals surface area contributed by atoms with Crippen LogP contribution in [0.15, 0.2) is 10.5 Å². The van der Waals surface area contributed by atoms with Gasteiger partial charge < -0.3 is 9.21 Å². The lowest BCUT2D eigenvalue weighted by molar-refractivity contribution is -0.107. The lowest BCUT2D eigenvalue weighted by Crippen LogP contribution is -1.87. The van der Waals surface area contributed by atoms with E-state index < -0.39 is 0 Å². The summed E-state index contributed by atoms with van der Waals surface area (Å²) in [5.41, 5.74) is 1.34. The van der Waals surface area contributed by atoms with Crippen LogP contribution in [0.4, 0.5) is 0 Å². The highest BCUT2D eigenvalue weighted by Crippen LogP contribution is 2.20. The first-order valence-corrected chi connectivity index (χ1v) is 9.79. The van der Waals surface area contributed by atoms with Gasteiger partial charge in [0.25, 0.3) is 0 Å². The predicted molar refractivity (Wildman–Crippen MR) is 98.0 cm³/mol. The molecule has 0 aromatic carbocycles. The summed E-state index contributed by atoms with van der Waals surface area (Å²) in [6.07, 6.45) is 17.9. The van der Waals surface area contributed by atoms with Gasteiger partial charge in [-0.3, -0.25) is 0 Å². The third-order valence-corrected chi connectivity index (χ3v) is 4.57. The lowest BCUT2D eigenvalue weighted by Gasteiger charge is -2.02. The molecule has 0 saturated heterocycles. The van der Waals surface area contributed by atoms with Crippen molar-refractivity contribution in [2.45, 2.75) is 104 Å². The van der Waals surface area contributed by atoms with Crippen LogP contribution >= 0.6 is 0 Å². The zero-order chi connectivity index (χ0) is 16.8. The van der Waals surface area contributed by atoms with Crippen molar-refractivity contribution in [1.82, 2.24) is 0 Å². The molecular weight excluding hydrogens is 284 g/mol. The van der Waals surface area contributed by atoms with Crippen molar-refractivity contribution < 1.29 is 9.21 Å². The van der Waals surface area contributed by atoms with Crippen LogP contribution < -0.4 is 0 Å². The second-order valence-electron chi connectivity index (χ2n) is 6.81. The summed E-state index contributed by atoms with van der Waals surface area (Å²) in [5.74, 6) is 2.40. The molecule has 0 aliphatic rings. The second-order valence-corrected chi connectivity index (χ2v) is 6.81. The van der Waals surface area contributed by atoms with E-state index in [4.69, 9.17) is 4.42 Å². The molecule has 0 fully saturated rings. The molecular formula is C21H36O2. The number of hydrogen-bond donors (Lipinski definition) is 0. The number of carbonyl (C=O) groups is 1. The Labute approximate surface area is 143 Å². The summed E-state index contributed by atoms with van der Waals surface area (Å²) in [6.45, 7) is 4.42. The van der Waals surface area contributed by atoms with Crippen LogP contribution in [-0.4, -0.2) is 6.29 Å². The number of unbranched alkanes of at least 4 members (excludes halogenated alkanes) is 10. The molecule has 0 aliphatic carbocycles. The Kier molecular flexibility index (Phi) is 11.6. The topological polar surface area (TPSA) is 30.2 Å². The molecule has 0 spiro atoms. The Morgan fingerprint density at radius 3 is 2.13 bits per heavy atom. The van der Waals surface area contributed by atoms with Crippen molar-refractivity contribution in [2.75, 3.05) is 0 Å². The van der Waals surface area contributed by atoms with Crippen LogP contribution in [0.2, 0.25) is 0 Å². The normalized spacial score (nSPS) is 11.0. The minimum Gasteiger partial charge on any atom is -0.466 e. The van der Waals surface area contributed by atoms with Gasteiger partial charge in [-0.25, -0.2) is 0 Å². The van der Waals surface area contributed by atoms with Crippen LogP contribution in [0.1, 0.15) is 101 Å². The summed E-state index contributed by atoms with van der Waals surface area (Å²) in [4.78, 5) is 10.2. The third-order valence-electron chi connectivity index (χ3n) is 4.57. The van der Waals surface area contributed by atoms with Gasteiger partial charge in [-0.05, 0) is 37.8 Å². The molecule has 2 nitrogen and oxygen atoms in total. The number of hydrogen-bond acceptors (Lipinski definition) is 2. The molecule has 1 rings (SSSR count). The highest BCUT2D eigenvalue weighted by atomic mass is 16.3. The molecule has 1 aromatic heterocycles. The molecule has 0 saturated carbocycles. The average Bonchev–Trinajstić information content (AvgIpc) is 2.89. The molecule has 132 valence electrons. The van der Waals surface area contributed by atoms with E-state index >= 15 is 0 Å². The zero-order valence-electron chi connectivity index (χ0n) is 15.4. The molecule has 0 amide bonds. The Hall–Kier alpha value is -1.05. The minimum atomic E-state index is 0.739. The molecule has 0 bridgehead atoms. The van der Waals surface area contributed by atoms with Crippen molar-refractivity contribution in [3.8, 4) is 0 Å². The van der Waals surface area contributed by atoms with E-state index in [1.165, 1.54) is 81.3 Å². The monoisotopic (exact) mass is 320 g/mol. The van der Waals surface area contributed by atoms with E-state index in [-0.39, 0.29) is 0 Å². The van der Waals surface area contributed by atoms with Crippen molar-refractivity contribution in [1.29, 1.82) is 0 Å². The Morgan fingerprint density at radius 2 is 1.48 bits per heavy atom. The van der Waals surface area contributed by atoms with Gasteiger partial charge in [0.1, 0.15) is 17.8 Å². The Balaban J connectivity index is 2.03. The van der Waals surface area contributed by atoms with Crippen molar-refractivity contribution in [3.05, 3.63) is 23.2 Å². The molecule has 1 aromatic rings. The van der Waals surface area contributed by atoms with Crippen molar-refractivity contribution >= 4 is 6.29 Å². The molecule has 0 radical (unpaired) electrons. The number of furan rings is 1. The fraction of sp³-hybridized carbons (Fsp3) is 0.762. The summed E-state index contributed by atoms with van der Waals surface area (Å²) < 4.78 is 6.02. The van der Waals surface area contributed by atoms with Gasteiger partial charge in [0, 0.05) is 19.3 Å². The standard InChI is InChI=1S/C21H36O2/c1-3-4-12-15-20-18-19(2)21(23-20)16-13-10-8-6-5-7-9-11-14-17-22/h17-18H,3-16H2,1-2H3. The van der Waals surface area contributed by atoms with E-state index in [1.807, 2.05) is 0 Å². The summed E-state index contributed by atoms with van der Waals surface area (Å²) in [6, 6.07) is 2.24. The summed E-state index contributed by atoms with van der Waals surface area (Å²) in [7, 11) is 0. The Bertz CT molecular complexity index is 406. The molecule has 2 heteroatoms. The molecule has 0 N–H and O–H groups in total. The van der Waals surface area contributed by atoms with Crippen LogP contribution in [0.5, 0.6) is 0 Å². The fourth-order valence-corrected chi connectivity index (χ4v) is 3.08. The zero-order valence-corrected chi connectivity index (χ0v) is 15.4. The molecule has 1 heterocycles. The summed E-state index contributed by atoms with van der Waals surface area (Å²) in [5, 5.41) is 0. The number of aldehydes is 1. The van der Waals surface area contributed by atoms with E-state index in [0.717, 1.165) is 32.0 Å². The van der Waals surface area contributed by atoms with E-state index in [2.05, 4.69) is 19.9 Å². The molecule has 0 unspecified atom stereocenters. The largest absolute Gasteiger partial charge is 0.466 e. The maximum atomic E-state index is 10.2. The van der Waals surface area contributed by atoms with Gasteiger partial charge >= 0.3 is 0 Å². The van der Waals surface area contributed by atoms with Crippen molar-refractivity contribution in [2.24, 2.45) is 0 Å². The Morgan fingerprint density at radius 1 is 0.870 bits per heavy atom. The van der Waals surface area contributed by atoms with Gasteiger partial charge in [-0.1, -0.05) is 58.3 Å².